The monoisotopic (exact) mass is 365 g/mol. The van der Waals surface area contributed by atoms with E-state index in [0.717, 1.165) is 5.56 Å². The highest BCUT2D eigenvalue weighted by atomic mass is 32.2. The van der Waals surface area contributed by atoms with Crippen molar-refractivity contribution in [2.45, 2.75) is 11.5 Å². The van der Waals surface area contributed by atoms with Gasteiger partial charge in [-0.3, -0.25) is 4.84 Å². The molecule has 0 radical (unpaired) electrons. The van der Waals surface area contributed by atoms with Gasteiger partial charge in [0.1, 0.15) is 17.3 Å². The van der Waals surface area contributed by atoms with Crippen LogP contribution in [0.4, 0.5) is 0 Å². The molecule has 0 saturated carbocycles. The summed E-state index contributed by atoms with van der Waals surface area (Å²) >= 11 is 0. The SMILES string of the molecule is COc1ccc(C(=O)OCc2ccccc2)cc1S(=O)(=O)N(C)OC. The van der Waals surface area contributed by atoms with Crippen LogP contribution in [0, 0.1) is 0 Å². The summed E-state index contributed by atoms with van der Waals surface area (Å²) in [6, 6.07) is 13.2. The second-order valence-electron chi connectivity index (χ2n) is 5.02. The minimum Gasteiger partial charge on any atom is -0.495 e. The number of esters is 1. The summed E-state index contributed by atoms with van der Waals surface area (Å²) < 4.78 is 35.9. The predicted octanol–water partition coefficient (Wildman–Crippen LogP) is 2.23. The fourth-order valence-electron chi connectivity index (χ4n) is 2.05. The Morgan fingerprint density at radius 2 is 1.76 bits per heavy atom. The molecule has 134 valence electrons. The highest BCUT2D eigenvalue weighted by Gasteiger charge is 2.26. The first-order chi connectivity index (χ1) is 11.9. The van der Waals surface area contributed by atoms with Crippen molar-refractivity contribution in [3.05, 3.63) is 59.7 Å². The molecule has 0 aromatic heterocycles. The Labute approximate surface area is 146 Å². The number of hydrogen-bond acceptors (Lipinski definition) is 6. The maximum Gasteiger partial charge on any atom is 0.338 e. The molecule has 0 fully saturated rings. The fourth-order valence-corrected chi connectivity index (χ4v) is 3.20. The zero-order valence-electron chi connectivity index (χ0n) is 14.1. The van der Waals surface area contributed by atoms with Gasteiger partial charge in [0.2, 0.25) is 0 Å². The molecular weight excluding hydrogens is 346 g/mol. The Kier molecular flexibility index (Phi) is 6.13. The van der Waals surface area contributed by atoms with Crippen molar-refractivity contribution in [1.29, 1.82) is 0 Å². The van der Waals surface area contributed by atoms with Crippen LogP contribution in [-0.2, 0) is 26.2 Å². The number of hydroxylamine groups is 1. The van der Waals surface area contributed by atoms with E-state index in [2.05, 4.69) is 0 Å². The maximum absolute atomic E-state index is 12.5. The number of rotatable bonds is 7. The van der Waals surface area contributed by atoms with Crippen LogP contribution in [0.1, 0.15) is 15.9 Å². The quantitative estimate of drug-likeness (QED) is 0.553. The van der Waals surface area contributed by atoms with Crippen LogP contribution in [0.3, 0.4) is 0 Å². The molecule has 0 bridgehead atoms. The summed E-state index contributed by atoms with van der Waals surface area (Å²) in [5, 5.41) is 0. The normalized spacial score (nSPS) is 11.4. The molecular formula is C17H19NO6S. The molecule has 25 heavy (non-hydrogen) atoms. The zero-order chi connectivity index (χ0) is 18.4. The molecule has 0 aliphatic carbocycles. The van der Waals surface area contributed by atoms with Gasteiger partial charge in [0.25, 0.3) is 10.0 Å². The van der Waals surface area contributed by atoms with Crippen LogP contribution in [0.5, 0.6) is 5.75 Å². The largest absolute Gasteiger partial charge is 0.495 e. The molecule has 2 aromatic carbocycles. The standard InChI is InChI=1S/C17H19NO6S/c1-18(23-3)25(20,21)16-11-14(9-10-15(16)22-2)17(19)24-12-13-7-5-4-6-8-13/h4-11H,12H2,1-3H3. The van der Waals surface area contributed by atoms with E-state index in [4.69, 9.17) is 14.3 Å². The average Bonchev–Trinajstić information content (AvgIpc) is 2.65. The van der Waals surface area contributed by atoms with Gasteiger partial charge in [-0.1, -0.05) is 34.8 Å². The van der Waals surface area contributed by atoms with Gasteiger partial charge in [0, 0.05) is 7.05 Å². The summed E-state index contributed by atoms with van der Waals surface area (Å²) in [7, 11) is -0.165. The maximum atomic E-state index is 12.5. The van der Waals surface area contributed by atoms with Gasteiger partial charge >= 0.3 is 5.97 Å². The van der Waals surface area contributed by atoms with E-state index in [-0.39, 0.29) is 22.8 Å². The van der Waals surface area contributed by atoms with Crippen LogP contribution < -0.4 is 4.74 Å². The first-order valence-electron chi connectivity index (χ1n) is 7.32. The van der Waals surface area contributed by atoms with Crippen molar-refractivity contribution in [2.24, 2.45) is 0 Å². The van der Waals surface area contributed by atoms with Crippen LogP contribution in [0.15, 0.2) is 53.4 Å². The van der Waals surface area contributed by atoms with Gasteiger partial charge in [0.05, 0.1) is 19.8 Å². The van der Waals surface area contributed by atoms with E-state index < -0.39 is 16.0 Å². The van der Waals surface area contributed by atoms with Gasteiger partial charge in [-0.05, 0) is 23.8 Å². The van der Waals surface area contributed by atoms with Crippen molar-refractivity contribution in [3.63, 3.8) is 0 Å². The lowest BCUT2D eigenvalue weighted by atomic mass is 10.2. The van der Waals surface area contributed by atoms with Crippen LogP contribution in [0.25, 0.3) is 0 Å². The van der Waals surface area contributed by atoms with Crippen molar-refractivity contribution in [3.8, 4) is 5.75 Å². The number of nitrogens with zero attached hydrogens (tertiary/aromatic N) is 1. The van der Waals surface area contributed by atoms with Gasteiger partial charge in [0.15, 0.2) is 0 Å². The molecule has 2 aromatic rings. The lowest BCUT2D eigenvalue weighted by Gasteiger charge is -2.17. The second kappa shape index (κ2) is 8.11. The summed E-state index contributed by atoms with van der Waals surface area (Å²) in [5.41, 5.74) is 0.927. The molecule has 0 aliphatic heterocycles. The second-order valence-corrected chi connectivity index (χ2v) is 6.93. The molecule has 7 nitrogen and oxygen atoms in total. The highest BCUT2D eigenvalue weighted by Crippen LogP contribution is 2.27. The van der Waals surface area contributed by atoms with E-state index in [1.165, 1.54) is 39.5 Å². The van der Waals surface area contributed by atoms with E-state index in [1.807, 2.05) is 30.3 Å². The van der Waals surface area contributed by atoms with E-state index in [0.29, 0.717) is 4.47 Å². The Morgan fingerprint density at radius 3 is 2.36 bits per heavy atom. The lowest BCUT2D eigenvalue weighted by Crippen LogP contribution is -2.26. The summed E-state index contributed by atoms with van der Waals surface area (Å²) in [6.45, 7) is 0.0890. The van der Waals surface area contributed by atoms with Gasteiger partial charge in [-0.25, -0.2) is 13.2 Å². The zero-order valence-corrected chi connectivity index (χ0v) is 14.9. The number of sulfonamides is 1. The van der Waals surface area contributed by atoms with Crippen molar-refractivity contribution >= 4 is 16.0 Å². The lowest BCUT2D eigenvalue weighted by molar-refractivity contribution is -0.0259. The topological polar surface area (TPSA) is 82.1 Å². The molecule has 0 heterocycles. The molecule has 0 spiro atoms. The first-order valence-corrected chi connectivity index (χ1v) is 8.76. The fraction of sp³-hybridized carbons (Fsp3) is 0.235. The average molecular weight is 365 g/mol. The molecule has 0 amide bonds. The van der Waals surface area contributed by atoms with E-state index >= 15 is 0 Å². The van der Waals surface area contributed by atoms with Crippen molar-refractivity contribution in [2.75, 3.05) is 21.3 Å². The van der Waals surface area contributed by atoms with Gasteiger partial charge < -0.3 is 9.47 Å². The summed E-state index contributed by atoms with van der Waals surface area (Å²) in [4.78, 5) is 16.8. The molecule has 0 atom stereocenters. The minimum atomic E-state index is -3.98. The van der Waals surface area contributed by atoms with Crippen molar-refractivity contribution < 1.29 is 27.5 Å². The first kappa shape index (κ1) is 18.9. The molecule has 8 heteroatoms. The van der Waals surface area contributed by atoms with Gasteiger partial charge in [-0.2, -0.15) is 0 Å². The Bertz CT molecular complexity index is 835. The molecule has 0 unspecified atom stereocenters. The molecule has 0 saturated heterocycles. The van der Waals surface area contributed by atoms with Crippen LogP contribution in [0.2, 0.25) is 0 Å². The third-order valence-electron chi connectivity index (χ3n) is 3.49. The number of ether oxygens (including phenoxy) is 2. The number of carbonyl (C=O) groups excluding carboxylic acids is 1. The van der Waals surface area contributed by atoms with E-state index in [9.17, 15) is 13.2 Å². The Balaban J connectivity index is 2.27. The Morgan fingerprint density at radius 1 is 1.08 bits per heavy atom. The number of carbonyl (C=O) groups is 1. The third-order valence-corrected chi connectivity index (χ3v) is 5.19. The smallest absolute Gasteiger partial charge is 0.338 e. The minimum absolute atomic E-state index is 0.0890. The predicted molar refractivity (Wildman–Crippen MR) is 90.5 cm³/mol. The highest BCUT2D eigenvalue weighted by molar-refractivity contribution is 7.89. The Hall–Kier alpha value is -2.42. The number of methoxy groups -OCH3 is 1. The van der Waals surface area contributed by atoms with Crippen molar-refractivity contribution in [1.82, 2.24) is 4.47 Å². The van der Waals surface area contributed by atoms with Crippen LogP contribution >= 0.6 is 0 Å². The molecule has 2 rings (SSSR count). The number of hydrogen-bond donors (Lipinski definition) is 0. The van der Waals surface area contributed by atoms with Crippen LogP contribution in [-0.4, -0.2) is 40.1 Å². The summed E-state index contributed by atoms with van der Waals surface area (Å²) in [5.74, 6) is -0.536. The third kappa shape index (κ3) is 4.36. The molecule has 0 aliphatic rings. The molecule has 0 N–H and O–H groups in total. The number of benzene rings is 2. The summed E-state index contributed by atoms with van der Waals surface area (Å²) in [6.07, 6.45) is 0. The van der Waals surface area contributed by atoms with Gasteiger partial charge in [-0.15, -0.1) is 0 Å². The van der Waals surface area contributed by atoms with E-state index in [1.54, 1.807) is 0 Å².